The molecule has 2 aliphatic rings. The van der Waals surface area contributed by atoms with Gasteiger partial charge in [-0.05, 0) is 30.4 Å². The van der Waals surface area contributed by atoms with Crippen molar-refractivity contribution in [1.29, 1.82) is 0 Å². The zero-order valence-electron chi connectivity index (χ0n) is 10.2. The van der Waals surface area contributed by atoms with Crippen LogP contribution in [0.4, 0.5) is 0 Å². The van der Waals surface area contributed by atoms with Gasteiger partial charge in [0.25, 0.3) is 0 Å². The van der Waals surface area contributed by atoms with E-state index < -0.39 is 0 Å². The Kier molecular flexibility index (Phi) is 2.90. The minimum atomic E-state index is 0.252. The summed E-state index contributed by atoms with van der Waals surface area (Å²) in [5, 5.41) is 0. The van der Waals surface area contributed by atoms with Crippen LogP contribution in [0.15, 0.2) is 24.3 Å². The first-order chi connectivity index (χ1) is 8.22. The molecule has 1 fully saturated rings. The minimum absolute atomic E-state index is 0.252. The van der Waals surface area contributed by atoms with Gasteiger partial charge in [0, 0.05) is 31.2 Å². The third-order valence-electron chi connectivity index (χ3n) is 4.09. The number of nitrogens with two attached hydrogens (primary N) is 2. The first-order valence-electron chi connectivity index (χ1n) is 6.54. The number of hydrogen-bond acceptors (Lipinski definition) is 3. The van der Waals surface area contributed by atoms with Gasteiger partial charge < -0.3 is 11.5 Å². The molecule has 0 bridgehead atoms. The van der Waals surface area contributed by atoms with E-state index in [0.29, 0.717) is 6.04 Å². The van der Waals surface area contributed by atoms with E-state index in [2.05, 4.69) is 29.2 Å². The molecule has 1 aromatic rings. The summed E-state index contributed by atoms with van der Waals surface area (Å²) >= 11 is 0. The van der Waals surface area contributed by atoms with Gasteiger partial charge in [-0.3, -0.25) is 4.90 Å². The van der Waals surface area contributed by atoms with E-state index in [9.17, 15) is 0 Å². The maximum absolute atomic E-state index is 6.07. The van der Waals surface area contributed by atoms with Crippen LogP contribution in [0.2, 0.25) is 0 Å². The molecule has 1 aromatic carbocycles. The first kappa shape index (κ1) is 11.2. The van der Waals surface area contributed by atoms with Gasteiger partial charge in [-0.15, -0.1) is 0 Å². The fourth-order valence-corrected chi connectivity index (χ4v) is 3.31. The fourth-order valence-electron chi connectivity index (χ4n) is 3.31. The zero-order valence-corrected chi connectivity index (χ0v) is 10.2. The molecule has 3 rings (SSSR count). The second-order valence-electron chi connectivity index (χ2n) is 5.54. The predicted molar refractivity (Wildman–Crippen MR) is 69.8 cm³/mol. The number of likely N-dealkylation sites (tertiary alicyclic amines) is 1. The van der Waals surface area contributed by atoms with E-state index in [1.807, 2.05) is 0 Å². The number of piperidine rings is 1. The lowest BCUT2D eigenvalue weighted by Gasteiger charge is -2.38. The molecular formula is C14H21N3. The molecule has 4 N–H and O–H groups in total. The highest BCUT2D eigenvalue weighted by molar-refractivity contribution is 5.33. The lowest BCUT2D eigenvalue weighted by Crippen LogP contribution is -2.55. The van der Waals surface area contributed by atoms with Crippen LogP contribution in [0.5, 0.6) is 0 Å². The monoisotopic (exact) mass is 231 g/mol. The van der Waals surface area contributed by atoms with Crippen molar-refractivity contribution in [3.8, 4) is 0 Å². The highest BCUT2D eigenvalue weighted by atomic mass is 15.2. The Balaban J connectivity index is 1.72. The number of nitrogens with zero attached hydrogens (tertiary/aromatic N) is 1. The van der Waals surface area contributed by atoms with Gasteiger partial charge in [0.2, 0.25) is 0 Å². The largest absolute Gasteiger partial charge is 0.326 e. The van der Waals surface area contributed by atoms with Crippen LogP contribution in [-0.2, 0) is 12.8 Å². The van der Waals surface area contributed by atoms with Gasteiger partial charge in [0.1, 0.15) is 0 Å². The molecule has 1 heterocycles. The fraction of sp³-hybridized carbons (Fsp3) is 0.571. The zero-order chi connectivity index (χ0) is 11.8. The van der Waals surface area contributed by atoms with E-state index in [1.165, 1.54) is 11.1 Å². The molecule has 17 heavy (non-hydrogen) atoms. The molecule has 1 aliphatic carbocycles. The minimum Gasteiger partial charge on any atom is -0.326 e. The summed E-state index contributed by atoms with van der Waals surface area (Å²) in [5.74, 6) is 0. The maximum atomic E-state index is 6.07. The van der Waals surface area contributed by atoms with Crippen LogP contribution in [0.1, 0.15) is 17.5 Å². The lowest BCUT2D eigenvalue weighted by molar-refractivity contribution is 0.139. The second kappa shape index (κ2) is 4.41. The molecule has 0 spiro atoms. The molecular weight excluding hydrogens is 210 g/mol. The highest BCUT2D eigenvalue weighted by Crippen LogP contribution is 2.26. The SMILES string of the molecule is NC1CC(N)CN(C2Cc3ccccc3C2)C1. The molecule has 0 aromatic heterocycles. The third kappa shape index (κ3) is 2.23. The number of hydrogen-bond donors (Lipinski definition) is 2. The summed E-state index contributed by atoms with van der Waals surface area (Å²) in [6.45, 7) is 2.01. The second-order valence-corrected chi connectivity index (χ2v) is 5.54. The summed E-state index contributed by atoms with van der Waals surface area (Å²) in [6, 6.07) is 9.89. The Morgan fingerprint density at radius 1 is 0.941 bits per heavy atom. The van der Waals surface area contributed by atoms with Gasteiger partial charge >= 0.3 is 0 Å². The van der Waals surface area contributed by atoms with Crippen LogP contribution in [0.25, 0.3) is 0 Å². The Morgan fingerprint density at radius 2 is 1.47 bits per heavy atom. The molecule has 0 amide bonds. The van der Waals surface area contributed by atoms with Crippen LogP contribution >= 0.6 is 0 Å². The smallest absolute Gasteiger partial charge is 0.0183 e. The highest BCUT2D eigenvalue weighted by Gasteiger charge is 2.31. The Morgan fingerprint density at radius 3 is 2.00 bits per heavy atom. The average molecular weight is 231 g/mol. The van der Waals surface area contributed by atoms with Crippen molar-refractivity contribution >= 4 is 0 Å². The molecule has 0 saturated carbocycles. The van der Waals surface area contributed by atoms with Gasteiger partial charge in [0.15, 0.2) is 0 Å². The summed E-state index contributed by atoms with van der Waals surface area (Å²) in [6.07, 6.45) is 3.29. The molecule has 0 radical (unpaired) electrons. The summed E-state index contributed by atoms with van der Waals surface area (Å²) in [5.41, 5.74) is 15.1. The van der Waals surface area contributed by atoms with Crippen molar-refractivity contribution < 1.29 is 0 Å². The molecule has 3 heteroatoms. The van der Waals surface area contributed by atoms with Crippen molar-refractivity contribution in [3.05, 3.63) is 35.4 Å². The van der Waals surface area contributed by atoms with E-state index in [0.717, 1.165) is 32.4 Å². The van der Waals surface area contributed by atoms with Crippen molar-refractivity contribution in [3.63, 3.8) is 0 Å². The predicted octanol–water partition coefficient (Wildman–Crippen LogP) is 0.514. The Labute approximate surface area is 103 Å². The van der Waals surface area contributed by atoms with Gasteiger partial charge in [-0.2, -0.15) is 0 Å². The third-order valence-corrected chi connectivity index (χ3v) is 4.09. The number of rotatable bonds is 1. The molecule has 92 valence electrons. The van der Waals surface area contributed by atoms with Crippen molar-refractivity contribution in [2.24, 2.45) is 11.5 Å². The van der Waals surface area contributed by atoms with Gasteiger partial charge in [0.05, 0.1) is 0 Å². The summed E-state index contributed by atoms with van der Waals surface area (Å²) in [4.78, 5) is 2.50. The molecule has 2 unspecified atom stereocenters. The van der Waals surface area contributed by atoms with Gasteiger partial charge in [-0.25, -0.2) is 0 Å². The molecule has 1 saturated heterocycles. The van der Waals surface area contributed by atoms with Crippen molar-refractivity contribution in [1.82, 2.24) is 4.90 Å². The van der Waals surface area contributed by atoms with E-state index in [-0.39, 0.29) is 12.1 Å². The van der Waals surface area contributed by atoms with Crippen LogP contribution < -0.4 is 11.5 Å². The average Bonchev–Trinajstić information content (AvgIpc) is 2.71. The quantitative estimate of drug-likeness (QED) is 0.740. The standard InChI is InChI=1S/C14H21N3/c15-12-7-13(16)9-17(8-12)14-5-10-3-1-2-4-11(10)6-14/h1-4,12-14H,5-9,15-16H2. The van der Waals surface area contributed by atoms with E-state index in [4.69, 9.17) is 11.5 Å². The van der Waals surface area contributed by atoms with Crippen molar-refractivity contribution in [2.45, 2.75) is 37.4 Å². The van der Waals surface area contributed by atoms with Crippen molar-refractivity contribution in [2.75, 3.05) is 13.1 Å². The van der Waals surface area contributed by atoms with Crippen LogP contribution in [0.3, 0.4) is 0 Å². The summed E-state index contributed by atoms with van der Waals surface area (Å²) in [7, 11) is 0. The van der Waals surface area contributed by atoms with Gasteiger partial charge in [-0.1, -0.05) is 24.3 Å². The molecule has 1 aliphatic heterocycles. The number of fused-ring (bicyclic) bond motifs is 1. The first-order valence-corrected chi connectivity index (χ1v) is 6.54. The summed E-state index contributed by atoms with van der Waals surface area (Å²) < 4.78 is 0. The lowest BCUT2D eigenvalue weighted by atomic mass is 9.99. The molecule has 3 nitrogen and oxygen atoms in total. The maximum Gasteiger partial charge on any atom is 0.0183 e. The van der Waals surface area contributed by atoms with E-state index in [1.54, 1.807) is 0 Å². The Bertz CT molecular complexity index is 369. The van der Waals surface area contributed by atoms with Crippen LogP contribution in [-0.4, -0.2) is 36.1 Å². The van der Waals surface area contributed by atoms with Crippen LogP contribution in [0, 0.1) is 0 Å². The number of benzene rings is 1. The topological polar surface area (TPSA) is 55.3 Å². The normalized spacial score (nSPS) is 30.5. The van der Waals surface area contributed by atoms with E-state index >= 15 is 0 Å². The Hall–Kier alpha value is -0.900. The molecule has 2 atom stereocenters.